The minimum Gasteiger partial charge on any atom is -0.377 e. The lowest BCUT2D eigenvalue weighted by Crippen LogP contribution is -2.51. The van der Waals surface area contributed by atoms with Crippen molar-refractivity contribution in [2.24, 2.45) is 0 Å². The first-order chi connectivity index (χ1) is 19.7. The molecule has 1 aromatic rings. The number of nitrogens with zero attached hydrogens (tertiary/aromatic N) is 2. The molecule has 3 aliphatic rings. The maximum absolute atomic E-state index is 13.6. The summed E-state index contributed by atoms with van der Waals surface area (Å²) in [4.78, 5) is 54.8. The Balaban J connectivity index is 1.42. The van der Waals surface area contributed by atoms with E-state index in [1.54, 1.807) is 30.3 Å². The monoisotopic (exact) mass is 579 g/mol. The van der Waals surface area contributed by atoms with Gasteiger partial charge in [-0.25, -0.2) is 8.78 Å². The van der Waals surface area contributed by atoms with Crippen LogP contribution in [0.3, 0.4) is 0 Å². The Kier molecular flexibility index (Phi) is 11.0. The summed E-state index contributed by atoms with van der Waals surface area (Å²) in [5.74, 6) is -4.13. The van der Waals surface area contributed by atoms with Crippen LogP contribution in [-0.4, -0.2) is 117 Å². The molecule has 0 radical (unpaired) electrons. The lowest BCUT2D eigenvalue weighted by atomic mass is 9.91. The number of benzene rings is 1. The molecule has 41 heavy (non-hydrogen) atoms. The Morgan fingerprint density at radius 2 is 1.73 bits per heavy atom. The lowest BCUT2D eigenvalue weighted by Gasteiger charge is -2.31. The number of nitrogens with one attached hydrogen (secondary N) is 3. The predicted molar refractivity (Wildman–Crippen MR) is 144 cm³/mol. The van der Waals surface area contributed by atoms with E-state index in [1.165, 1.54) is 9.80 Å². The number of hydrogen-bond acceptors (Lipinski definition) is 7. The maximum atomic E-state index is 13.6. The molecule has 1 aliphatic carbocycles. The summed E-state index contributed by atoms with van der Waals surface area (Å²) in [6.07, 6.45) is 0.592. The Hall–Kier alpha value is -3.16. The number of rotatable bonds is 6. The van der Waals surface area contributed by atoms with Crippen molar-refractivity contribution in [3.8, 4) is 0 Å². The second-order valence-corrected chi connectivity index (χ2v) is 10.7. The molecule has 2 aliphatic heterocycles. The van der Waals surface area contributed by atoms with Crippen LogP contribution in [0.1, 0.15) is 42.5 Å². The number of alkyl halides is 2. The Bertz CT molecular complexity index is 1050. The molecule has 0 bridgehead atoms. The molecule has 2 atom stereocenters. The van der Waals surface area contributed by atoms with Crippen molar-refractivity contribution >= 4 is 23.6 Å². The maximum Gasteiger partial charge on any atom is 0.251 e. The minimum atomic E-state index is -2.65. The van der Waals surface area contributed by atoms with Gasteiger partial charge in [-0.05, 0) is 31.4 Å². The van der Waals surface area contributed by atoms with Crippen molar-refractivity contribution in [1.29, 1.82) is 0 Å². The zero-order valence-corrected chi connectivity index (χ0v) is 23.1. The highest BCUT2D eigenvalue weighted by Crippen LogP contribution is 2.33. The van der Waals surface area contributed by atoms with Crippen LogP contribution >= 0.6 is 0 Å². The van der Waals surface area contributed by atoms with Gasteiger partial charge >= 0.3 is 0 Å². The van der Waals surface area contributed by atoms with E-state index < -0.39 is 23.8 Å². The van der Waals surface area contributed by atoms with Crippen LogP contribution in [0.15, 0.2) is 30.3 Å². The zero-order valence-electron chi connectivity index (χ0n) is 23.1. The molecule has 11 nitrogen and oxygen atoms in total. The highest BCUT2D eigenvalue weighted by atomic mass is 19.3. The Morgan fingerprint density at radius 1 is 1.00 bits per heavy atom. The van der Waals surface area contributed by atoms with Gasteiger partial charge in [-0.15, -0.1) is 0 Å². The molecule has 1 aromatic carbocycles. The zero-order chi connectivity index (χ0) is 29.2. The fourth-order valence-electron chi connectivity index (χ4n) is 5.40. The molecule has 2 saturated heterocycles. The number of halogens is 2. The van der Waals surface area contributed by atoms with Gasteiger partial charge in [-0.2, -0.15) is 0 Å². The van der Waals surface area contributed by atoms with E-state index in [2.05, 4.69) is 16.0 Å². The van der Waals surface area contributed by atoms with Gasteiger partial charge in [0, 0.05) is 56.7 Å². The number of carbonyl (C=O) groups is 4. The van der Waals surface area contributed by atoms with Crippen LogP contribution in [0, 0.1) is 0 Å². The third-order valence-electron chi connectivity index (χ3n) is 7.64. The highest BCUT2D eigenvalue weighted by molar-refractivity contribution is 5.94. The lowest BCUT2D eigenvalue weighted by molar-refractivity contribution is -0.145. The van der Waals surface area contributed by atoms with Gasteiger partial charge in [0.25, 0.3) is 5.91 Å². The van der Waals surface area contributed by atoms with Crippen molar-refractivity contribution in [2.45, 2.75) is 56.2 Å². The SMILES string of the molecule is O=C(NCCN1CC(=O)N2C[C@@H](NC3CCC(F)(F)CC3)C[C@H]2C(=O)NCCOCCOCC1=O)c1ccccc1. The summed E-state index contributed by atoms with van der Waals surface area (Å²) < 4.78 is 38.2. The number of amides is 4. The quantitative estimate of drug-likeness (QED) is 0.449. The van der Waals surface area contributed by atoms with Gasteiger partial charge in [0.15, 0.2) is 0 Å². The first-order valence-electron chi connectivity index (χ1n) is 14.2. The fraction of sp³-hybridized carbons (Fsp3) is 0.643. The number of fused-ring (bicyclic) bond motifs is 1. The van der Waals surface area contributed by atoms with Crippen molar-refractivity contribution in [3.63, 3.8) is 0 Å². The molecule has 3 N–H and O–H groups in total. The fourth-order valence-corrected chi connectivity index (χ4v) is 5.40. The Morgan fingerprint density at radius 3 is 2.49 bits per heavy atom. The molecule has 4 rings (SSSR count). The summed E-state index contributed by atoms with van der Waals surface area (Å²) in [5, 5.41) is 8.95. The van der Waals surface area contributed by atoms with Crippen LogP contribution < -0.4 is 16.0 Å². The van der Waals surface area contributed by atoms with E-state index in [0.29, 0.717) is 24.8 Å². The van der Waals surface area contributed by atoms with E-state index >= 15 is 0 Å². The number of ether oxygens (including phenoxy) is 2. The molecular weight excluding hydrogens is 540 g/mol. The second kappa shape index (κ2) is 14.6. The first-order valence-corrected chi connectivity index (χ1v) is 14.2. The first kappa shape index (κ1) is 30.8. The minimum absolute atomic E-state index is 0.0612. The van der Waals surface area contributed by atoms with Gasteiger partial charge in [0.05, 0.1) is 26.4 Å². The summed E-state index contributed by atoms with van der Waals surface area (Å²) >= 11 is 0. The molecule has 3 fully saturated rings. The van der Waals surface area contributed by atoms with Gasteiger partial charge < -0.3 is 35.2 Å². The molecule has 4 amide bonds. The summed E-state index contributed by atoms with van der Waals surface area (Å²) in [6, 6.07) is 7.49. The Labute approximate surface area is 238 Å². The van der Waals surface area contributed by atoms with Crippen molar-refractivity contribution in [2.75, 3.05) is 59.2 Å². The van der Waals surface area contributed by atoms with E-state index in [-0.39, 0.29) is 95.9 Å². The van der Waals surface area contributed by atoms with Crippen molar-refractivity contribution in [1.82, 2.24) is 25.8 Å². The topological polar surface area (TPSA) is 129 Å². The van der Waals surface area contributed by atoms with E-state index in [9.17, 15) is 28.0 Å². The summed E-state index contributed by atoms with van der Waals surface area (Å²) in [6.45, 7) is 0.713. The van der Waals surface area contributed by atoms with E-state index in [0.717, 1.165) is 0 Å². The molecule has 0 spiro atoms. The highest BCUT2D eigenvalue weighted by Gasteiger charge is 2.42. The second-order valence-electron chi connectivity index (χ2n) is 10.7. The van der Waals surface area contributed by atoms with Crippen molar-refractivity contribution < 1.29 is 37.4 Å². The van der Waals surface area contributed by atoms with E-state index in [1.807, 2.05) is 0 Å². The standard InChI is InChI=1S/C28H39F2N5O6/c29-28(30)8-6-21(7-9-28)33-22-16-23-27(39)32-11-13-40-14-15-41-19-25(37)34(18-24(36)35(23)17-22)12-10-31-26(38)20-4-2-1-3-5-20/h1-5,21-23,33H,6-19H2,(H,31,38)(H,32,39)/t22-,23-/m0/s1. The predicted octanol–water partition coefficient (Wildman–Crippen LogP) is 0.545. The molecule has 0 aromatic heterocycles. The van der Waals surface area contributed by atoms with Gasteiger partial charge in [0.1, 0.15) is 12.6 Å². The molecule has 226 valence electrons. The van der Waals surface area contributed by atoms with Gasteiger partial charge in [-0.3, -0.25) is 19.2 Å². The molecule has 0 unspecified atom stereocenters. The molecule has 1 saturated carbocycles. The largest absolute Gasteiger partial charge is 0.377 e. The van der Waals surface area contributed by atoms with Crippen LogP contribution in [0.2, 0.25) is 0 Å². The number of hydrogen-bond donors (Lipinski definition) is 3. The van der Waals surface area contributed by atoms with E-state index in [4.69, 9.17) is 9.47 Å². The third-order valence-corrected chi connectivity index (χ3v) is 7.64. The van der Waals surface area contributed by atoms with Gasteiger partial charge in [0.2, 0.25) is 23.6 Å². The third kappa shape index (κ3) is 9.17. The van der Waals surface area contributed by atoms with Crippen molar-refractivity contribution in [3.05, 3.63) is 35.9 Å². The smallest absolute Gasteiger partial charge is 0.251 e. The van der Waals surface area contributed by atoms with Crippen LogP contribution in [0.25, 0.3) is 0 Å². The van der Waals surface area contributed by atoms with Crippen LogP contribution in [0.5, 0.6) is 0 Å². The summed E-state index contributed by atoms with van der Waals surface area (Å²) in [5.41, 5.74) is 0.474. The molecule has 2 heterocycles. The average Bonchev–Trinajstić information content (AvgIpc) is 3.38. The van der Waals surface area contributed by atoms with Crippen LogP contribution in [-0.2, 0) is 23.9 Å². The number of carbonyl (C=O) groups excluding carboxylic acids is 4. The molecule has 13 heteroatoms. The van der Waals surface area contributed by atoms with Crippen LogP contribution in [0.4, 0.5) is 8.78 Å². The molecular formula is C28H39F2N5O6. The summed E-state index contributed by atoms with van der Waals surface area (Å²) in [7, 11) is 0. The average molecular weight is 580 g/mol. The normalized spacial score (nSPS) is 25.2. The van der Waals surface area contributed by atoms with Gasteiger partial charge in [-0.1, -0.05) is 18.2 Å².